The highest BCUT2D eigenvalue weighted by Gasteiger charge is 2.27. The van der Waals surface area contributed by atoms with E-state index in [1.807, 2.05) is 11.3 Å². The highest BCUT2D eigenvalue weighted by molar-refractivity contribution is 7.19. The first kappa shape index (κ1) is 15.6. The summed E-state index contributed by atoms with van der Waals surface area (Å²) >= 11 is 1.98. The van der Waals surface area contributed by atoms with Gasteiger partial charge in [-0.25, -0.2) is 4.98 Å². The molecule has 0 bridgehead atoms. The fraction of sp³-hybridized carbons (Fsp3) is 0.435. The summed E-state index contributed by atoms with van der Waals surface area (Å²) in [5.74, 6) is 0.594. The van der Waals surface area contributed by atoms with Crippen LogP contribution >= 0.6 is 11.3 Å². The van der Waals surface area contributed by atoms with Crippen LogP contribution in [0.2, 0.25) is 0 Å². The van der Waals surface area contributed by atoms with Gasteiger partial charge in [0.25, 0.3) is 0 Å². The summed E-state index contributed by atoms with van der Waals surface area (Å²) in [7, 11) is 0. The normalized spacial score (nSPS) is 19.7. The number of benzene rings is 1. The minimum absolute atomic E-state index is 0.594. The molecular formula is C23H25NS. The number of hydrogen-bond acceptors (Lipinski definition) is 2. The largest absolute Gasteiger partial charge is 0.241 e. The molecule has 0 fully saturated rings. The Morgan fingerprint density at radius 3 is 2.56 bits per heavy atom. The fourth-order valence-corrected chi connectivity index (χ4v) is 6.04. The molecule has 2 aromatic heterocycles. The van der Waals surface area contributed by atoms with E-state index in [1.165, 1.54) is 77.5 Å². The summed E-state index contributed by atoms with van der Waals surface area (Å²) in [6.07, 6.45) is 8.94. The van der Waals surface area contributed by atoms with Crippen LogP contribution in [0.25, 0.3) is 21.3 Å². The molecule has 0 aliphatic heterocycles. The first-order valence-corrected chi connectivity index (χ1v) is 10.6. The summed E-state index contributed by atoms with van der Waals surface area (Å²) in [6, 6.07) is 9.19. The summed E-state index contributed by atoms with van der Waals surface area (Å²) in [6.45, 7) is 4.54. The number of aromatic nitrogens is 1. The van der Waals surface area contributed by atoms with Crippen LogP contribution in [0.1, 0.15) is 65.8 Å². The first-order chi connectivity index (χ1) is 12.2. The smallest absolute Gasteiger partial charge is 0.124 e. The van der Waals surface area contributed by atoms with E-state index in [1.54, 1.807) is 16.0 Å². The van der Waals surface area contributed by atoms with Gasteiger partial charge in [-0.3, -0.25) is 0 Å². The molecule has 0 radical (unpaired) electrons. The Bertz CT molecular complexity index is 949. The predicted molar refractivity (Wildman–Crippen MR) is 108 cm³/mol. The van der Waals surface area contributed by atoms with E-state index in [9.17, 15) is 0 Å². The molecule has 25 heavy (non-hydrogen) atoms. The minimum Gasteiger partial charge on any atom is -0.241 e. The zero-order chi connectivity index (χ0) is 17.0. The molecule has 2 heteroatoms. The van der Waals surface area contributed by atoms with Gasteiger partial charge < -0.3 is 0 Å². The van der Waals surface area contributed by atoms with Crippen molar-refractivity contribution < 1.29 is 0 Å². The van der Waals surface area contributed by atoms with Crippen LogP contribution in [0.3, 0.4) is 0 Å². The average molecular weight is 348 g/mol. The van der Waals surface area contributed by atoms with Crippen LogP contribution in [0.15, 0.2) is 24.3 Å². The van der Waals surface area contributed by atoms with E-state index in [2.05, 4.69) is 38.1 Å². The maximum Gasteiger partial charge on any atom is 0.124 e. The third-order valence-corrected chi connectivity index (χ3v) is 7.29. The molecule has 5 rings (SSSR count). The van der Waals surface area contributed by atoms with Crippen LogP contribution < -0.4 is 0 Å². The lowest BCUT2D eigenvalue weighted by molar-refractivity contribution is 0.577. The molecule has 2 heterocycles. The summed E-state index contributed by atoms with van der Waals surface area (Å²) in [5.41, 5.74) is 8.80. The lowest BCUT2D eigenvalue weighted by Crippen LogP contribution is -2.11. The second-order valence-corrected chi connectivity index (χ2v) is 8.98. The van der Waals surface area contributed by atoms with Crippen LogP contribution in [-0.4, -0.2) is 4.98 Å². The number of thiophene rings is 1. The number of fused-ring (bicyclic) bond motifs is 4. The number of aryl methyl sites for hydroxylation is 3. The van der Waals surface area contributed by atoms with Crippen molar-refractivity contribution in [1.29, 1.82) is 0 Å². The van der Waals surface area contributed by atoms with Gasteiger partial charge in [-0.15, -0.1) is 11.3 Å². The zero-order valence-corrected chi connectivity index (χ0v) is 16.0. The van der Waals surface area contributed by atoms with Gasteiger partial charge in [0.1, 0.15) is 4.83 Å². The Balaban J connectivity index is 1.88. The maximum absolute atomic E-state index is 5.22. The second kappa shape index (κ2) is 5.95. The Kier molecular flexibility index (Phi) is 3.71. The molecule has 1 nitrogen and oxygen atoms in total. The van der Waals surface area contributed by atoms with Gasteiger partial charge >= 0.3 is 0 Å². The molecule has 2 aliphatic rings. The highest BCUT2D eigenvalue weighted by Crippen LogP contribution is 2.46. The molecular weight excluding hydrogens is 322 g/mol. The molecule has 2 aliphatic carbocycles. The van der Waals surface area contributed by atoms with E-state index in [4.69, 9.17) is 4.98 Å². The Labute approximate surface area is 154 Å². The number of rotatable bonds is 1. The van der Waals surface area contributed by atoms with E-state index < -0.39 is 0 Å². The molecule has 128 valence electrons. The number of hydrogen-bond donors (Lipinski definition) is 0. The van der Waals surface area contributed by atoms with Crippen molar-refractivity contribution >= 4 is 21.6 Å². The van der Waals surface area contributed by atoms with E-state index in [0.717, 1.165) is 0 Å². The lowest BCUT2D eigenvalue weighted by atomic mass is 9.81. The van der Waals surface area contributed by atoms with Gasteiger partial charge in [-0.05, 0) is 80.0 Å². The van der Waals surface area contributed by atoms with Crippen molar-refractivity contribution in [1.82, 2.24) is 4.98 Å². The highest BCUT2D eigenvalue weighted by atomic mass is 32.1. The van der Waals surface area contributed by atoms with E-state index >= 15 is 0 Å². The van der Waals surface area contributed by atoms with Gasteiger partial charge in [-0.1, -0.05) is 36.8 Å². The molecule has 0 spiro atoms. The molecule has 0 saturated carbocycles. The van der Waals surface area contributed by atoms with Crippen molar-refractivity contribution in [3.63, 3.8) is 0 Å². The van der Waals surface area contributed by atoms with E-state index in [0.29, 0.717) is 5.92 Å². The molecule has 1 aromatic carbocycles. The summed E-state index contributed by atoms with van der Waals surface area (Å²) in [5, 5.41) is 1.50. The van der Waals surface area contributed by atoms with Gasteiger partial charge in [0, 0.05) is 16.0 Å². The summed E-state index contributed by atoms with van der Waals surface area (Å²) in [4.78, 5) is 8.13. The third kappa shape index (κ3) is 2.45. The van der Waals surface area contributed by atoms with Crippen LogP contribution in [0, 0.1) is 6.92 Å². The zero-order valence-electron chi connectivity index (χ0n) is 15.2. The van der Waals surface area contributed by atoms with Crippen molar-refractivity contribution in [3.05, 3.63) is 51.5 Å². The maximum atomic E-state index is 5.22. The van der Waals surface area contributed by atoms with Crippen LogP contribution in [0.5, 0.6) is 0 Å². The van der Waals surface area contributed by atoms with Crippen LogP contribution in [0.4, 0.5) is 0 Å². The third-order valence-electron chi connectivity index (χ3n) is 6.11. The molecule has 0 amide bonds. The SMILES string of the molecule is Cc1ccc(-c2c3c(nc4sc5c(c24)CCCC5)[C@@H](C)CCC3)cc1. The average Bonchev–Trinajstić information content (AvgIpc) is 3.00. The number of pyridine rings is 1. The minimum atomic E-state index is 0.594. The van der Waals surface area contributed by atoms with Crippen molar-refractivity contribution in [3.8, 4) is 11.1 Å². The van der Waals surface area contributed by atoms with Crippen molar-refractivity contribution in [2.45, 2.75) is 64.7 Å². The van der Waals surface area contributed by atoms with Gasteiger partial charge in [-0.2, -0.15) is 0 Å². The first-order valence-electron chi connectivity index (χ1n) is 9.76. The van der Waals surface area contributed by atoms with E-state index in [-0.39, 0.29) is 0 Å². The van der Waals surface area contributed by atoms with Gasteiger partial charge in [0.05, 0.1) is 0 Å². The fourth-order valence-electron chi connectivity index (χ4n) is 4.77. The topological polar surface area (TPSA) is 12.9 Å². The monoisotopic (exact) mass is 347 g/mol. The molecule has 0 saturated heterocycles. The molecule has 0 unspecified atom stereocenters. The van der Waals surface area contributed by atoms with Crippen molar-refractivity contribution in [2.24, 2.45) is 0 Å². The Hall–Kier alpha value is -1.67. The predicted octanol–water partition coefficient (Wildman–Crippen LogP) is 6.59. The Morgan fingerprint density at radius 1 is 0.960 bits per heavy atom. The molecule has 0 N–H and O–H groups in total. The second-order valence-electron chi connectivity index (χ2n) is 7.90. The Morgan fingerprint density at radius 2 is 1.72 bits per heavy atom. The van der Waals surface area contributed by atoms with Crippen LogP contribution in [-0.2, 0) is 19.3 Å². The standard InChI is InChI=1S/C23H25NS/c1-14-10-12-16(13-11-14)20-18-8-5-6-15(2)22(18)24-23-21(20)17-7-3-4-9-19(17)25-23/h10-13,15H,3-9H2,1-2H3/t15-/m0/s1. The lowest BCUT2D eigenvalue weighted by Gasteiger charge is -2.25. The summed E-state index contributed by atoms with van der Waals surface area (Å²) < 4.78 is 0. The quantitative estimate of drug-likeness (QED) is 0.484. The van der Waals surface area contributed by atoms with Gasteiger partial charge in [0.2, 0.25) is 0 Å². The molecule has 3 aromatic rings. The van der Waals surface area contributed by atoms with Crippen molar-refractivity contribution in [2.75, 3.05) is 0 Å². The van der Waals surface area contributed by atoms with Gasteiger partial charge in [0.15, 0.2) is 0 Å². The number of nitrogens with zero attached hydrogens (tertiary/aromatic N) is 1. The molecule has 1 atom stereocenters.